The third-order valence-electron chi connectivity index (χ3n) is 1.71. The number of thioether (sulfide) groups is 1. The number of hydrogen-bond acceptors (Lipinski definition) is 1. The second kappa shape index (κ2) is 3.18. The highest BCUT2D eigenvalue weighted by atomic mass is 32.2. The minimum absolute atomic E-state index is 0.990. The van der Waals surface area contributed by atoms with Gasteiger partial charge < -0.3 is 0 Å². The molecule has 1 radical (unpaired) electrons. The van der Waals surface area contributed by atoms with E-state index in [4.69, 9.17) is 0 Å². The molecule has 1 aromatic carbocycles. The van der Waals surface area contributed by atoms with Gasteiger partial charge in [-0.3, -0.25) is 5.32 Å². The van der Waals surface area contributed by atoms with Gasteiger partial charge >= 0.3 is 0 Å². The van der Waals surface area contributed by atoms with Crippen molar-refractivity contribution in [1.29, 1.82) is 0 Å². The Bertz CT molecular complexity index is 222. The van der Waals surface area contributed by atoms with Gasteiger partial charge in [0.15, 0.2) is 0 Å². The molecule has 0 saturated carbocycles. The first-order valence-corrected chi connectivity index (χ1v) is 4.85. The quantitative estimate of drug-likeness (QED) is 0.574. The van der Waals surface area contributed by atoms with E-state index in [0.717, 1.165) is 6.54 Å². The maximum absolute atomic E-state index is 4.47. The lowest BCUT2D eigenvalue weighted by atomic mass is 10.3. The zero-order valence-electron chi connectivity index (χ0n) is 6.29. The van der Waals surface area contributed by atoms with Crippen molar-refractivity contribution in [3.8, 4) is 0 Å². The molecule has 0 amide bonds. The van der Waals surface area contributed by atoms with E-state index in [2.05, 4.69) is 23.5 Å². The van der Waals surface area contributed by atoms with Crippen LogP contribution in [-0.2, 0) is 0 Å². The third-order valence-corrected chi connectivity index (χ3v) is 2.86. The van der Waals surface area contributed by atoms with Gasteiger partial charge in [-0.05, 0) is 24.3 Å². The summed E-state index contributed by atoms with van der Waals surface area (Å²) in [4.78, 5) is 1.34. The molecule has 2 heteroatoms. The second-order valence-electron chi connectivity index (χ2n) is 2.55. The first kappa shape index (κ1) is 7.04. The van der Waals surface area contributed by atoms with Gasteiger partial charge in [-0.1, -0.05) is 12.1 Å². The van der Waals surface area contributed by atoms with Crippen molar-refractivity contribution in [2.45, 2.75) is 11.3 Å². The molecule has 0 atom stereocenters. The summed E-state index contributed by atoms with van der Waals surface area (Å²) in [6.45, 7) is 0.990. The van der Waals surface area contributed by atoms with Crippen LogP contribution >= 0.6 is 11.8 Å². The lowest BCUT2D eigenvalue weighted by Gasteiger charge is -2.01. The maximum atomic E-state index is 4.47. The second-order valence-corrected chi connectivity index (χ2v) is 3.69. The Hall–Kier alpha value is -0.630. The Morgan fingerprint density at radius 3 is 3.18 bits per heavy atom. The van der Waals surface area contributed by atoms with Crippen LogP contribution in [-0.4, -0.2) is 12.3 Å². The van der Waals surface area contributed by atoms with Gasteiger partial charge in [0.25, 0.3) is 0 Å². The smallest absolute Gasteiger partial charge is 0.0710 e. The highest BCUT2D eigenvalue weighted by Gasteiger charge is 2.06. The van der Waals surface area contributed by atoms with Crippen LogP contribution in [0.1, 0.15) is 6.42 Å². The lowest BCUT2D eigenvalue weighted by molar-refractivity contribution is 0.813. The van der Waals surface area contributed by atoms with Crippen molar-refractivity contribution in [2.24, 2.45) is 0 Å². The Kier molecular flexibility index (Phi) is 2.04. The van der Waals surface area contributed by atoms with Crippen LogP contribution in [0.15, 0.2) is 29.2 Å². The molecule has 0 unspecified atom stereocenters. The van der Waals surface area contributed by atoms with Gasteiger partial charge in [0.1, 0.15) is 0 Å². The zero-order valence-corrected chi connectivity index (χ0v) is 7.10. The number of nitrogens with zero attached hydrogens (tertiary/aromatic N) is 1. The van der Waals surface area contributed by atoms with E-state index in [1.54, 1.807) is 0 Å². The molecule has 11 heavy (non-hydrogen) atoms. The Balaban J connectivity index is 2.33. The molecule has 0 bridgehead atoms. The predicted molar refractivity (Wildman–Crippen MR) is 48.4 cm³/mol. The average Bonchev–Trinajstić information content (AvgIpc) is 2.28. The van der Waals surface area contributed by atoms with Gasteiger partial charge in [0.2, 0.25) is 0 Å². The Morgan fingerprint density at radius 1 is 1.27 bits per heavy atom. The highest BCUT2D eigenvalue weighted by Crippen LogP contribution is 2.29. The summed E-state index contributed by atoms with van der Waals surface area (Å²) < 4.78 is 0. The molecule has 1 nitrogen and oxygen atoms in total. The fourth-order valence-corrected chi connectivity index (χ4v) is 2.10. The largest absolute Gasteiger partial charge is 0.284 e. The van der Waals surface area contributed by atoms with Crippen LogP contribution in [0.2, 0.25) is 0 Å². The highest BCUT2D eigenvalue weighted by molar-refractivity contribution is 7.99. The summed E-state index contributed by atoms with van der Waals surface area (Å²) in [7, 11) is 0. The summed E-state index contributed by atoms with van der Waals surface area (Å²) >= 11 is 1.92. The van der Waals surface area contributed by atoms with Gasteiger partial charge in [-0.25, -0.2) is 0 Å². The predicted octanol–water partition coefficient (Wildman–Crippen LogP) is 2.42. The lowest BCUT2D eigenvalue weighted by Crippen LogP contribution is -1.97. The summed E-state index contributed by atoms with van der Waals surface area (Å²) in [5, 5.41) is 4.47. The fraction of sp³-hybridized carbons (Fsp3) is 0.333. The molecule has 0 aliphatic carbocycles. The summed E-state index contributed by atoms with van der Waals surface area (Å²) in [5.74, 6) is 1.21. The molecule has 0 N–H and O–H groups in total. The van der Waals surface area contributed by atoms with Crippen LogP contribution in [0.5, 0.6) is 0 Å². The van der Waals surface area contributed by atoms with Crippen molar-refractivity contribution in [3.05, 3.63) is 24.3 Å². The standard InChI is InChI=1S/C9H10NS/c1-2-5-9-8(4-1)10-6-3-7-11-9/h1-2,4-5H,3,6-7H2. The molecule has 57 valence electrons. The number of benzene rings is 1. The van der Waals surface area contributed by atoms with Crippen molar-refractivity contribution >= 4 is 17.4 Å². The van der Waals surface area contributed by atoms with Crippen LogP contribution < -0.4 is 5.32 Å². The number of fused-ring (bicyclic) bond motifs is 1. The summed E-state index contributed by atoms with van der Waals surface area (Å²) in [6, 6.07) is 8.36. The van der Waals surface area contributed by atoms with Gasteiger partial charge in [0, 0.05) is 11.4 Å². The van der Waals surface area contributed by atoms with Crippen LogP contribution in [0.25, 0.3) is 0 Å². The van der Waals surface area contributed by atoms with E-state index < -0.39 is 0 Å². The average molecular weight is 164 g/mol. The first-order valence-electron chi connectivity index (χ1n) is 3.86. The van der Waals surface area contributed by atoms with Crippen molar-refractivity contribution in [2.75, 3.05) is 12.3 Å². The topological polar surface area (TPSA) is 14.1 Å². The van der Waals surface area contributed by atoms with E-state index in [9.17, 15) is 0 Å². The molecule has 1 aliphatic rings. The first-order chi connectivity index (χ1) is 5.47. The third kappa shape index (κ3) is 1.51. The molecular formula is C9H10NS. The molecule has 1 aliphatic heterocycles. The zero-order chi connectivity index (χ0) is 7.52. The minimum atomic E-state index is 0.990. The number of para-hydroxylation sites is 1. The monoisotopic (exact) mass is 164 g/mol. The number of hydrogen-bond donors (Lipinski definition) is 0. The van der Waals surface area contributed by atoms with Crippen molar-refractivity contribution in [3.63, 3.8) is 0 Å². The molecule has 0 saturated heterocycles. The van der Waals surface area contributed by atoms with Gasteiger partial charge in [-0.2, -0.15) is 0 Å². The SMILES string of the molecule is c1ccc2c(c1)[N]CCCS2. The number of rotatable bonds is 0. The van der Waals surface area contributed by atoms with Crippen molar-refractivity contribution < 1.29 is 0 Å². The molecule has 2 rings (SSSR count). The van der Waals surface area contributed by atoms with Crippen molar-refractivity contribution in [1.82, 2.24) is 5.32 Å². The van der Waals surface area contributed by atoms with Gasteiger partial charge in [-0.15, -0.1) is 11.8 Å². The molecule has 0 spiro atoms. The minimum Gasteiger partial charge on any atom is -0.284 e. The Labute approximate surface area is 71.2 Å². The van der Waals surface area contributed by atoms with Crippen LogP contribution in [0.3, 0.4) is 0 Å². The molecule has 0 aromatic heterocycles. The van der Waals surface area contributed by atoms with Crippen LogP contribution in [0, 0.1) is 0 Å². The Morgan fingerprint density at radius 2 is 2.18 bits per heavy atom. The van der Waals surface area contributed by atoms with Gasteiger partial charge in [0.05, 0.1) is 5.69 Å². The van der Waals surface area contributed by atoms with Crippen LogP contribution in [0.4, 0.5) is 5.69 Å². The fourth-order valence-electron chi connectivity index (χ4n) is 1.16. The summed E-state index contributed by atoms with van der Waals surface area (Å²) in [6.07, 6.45) is 1.21. The van der Waals surface area contributed by atoms with E-state index in [-0.39, 0.29) is 0 Å². The molecule has 1 heterocycles. The van der Waals surface area contributed by atoms with E-state index >= 15 is 0 Å². The van der Waals surface area contributed by atoms with E-state index in [1.165, 1.54) is 22.8 Å². The maximum Gasteiger partial charge on any atom is 0.0710 e. The normalized spacial score (nSPS) is 16.4. The molecule has 0 fully saturated rings. The molecular weight excluding hydrogens is 154 g/mol. The van der Waals surface area contributed by atoms with E-state index in [1.807, 2.05) is 17.8 Å². The summed E-state index contributed by atoms with van der Waals surface area (Å²) in [5.41, 5.74) is 1.18. The van der Waals surface area contributed by atoms with E-state index in [0.29, 0.717) is 0 Å². The molecule has 1 aromatic rings.